The molecule has 0 spiro atoms. The predicted octanol–water partition coefficient (Wildman–Crippen LogP) is -0.230. The van der Waals surface area contributed by atoms with Gasteiger partial charge in [-0.05, 0) is 14.0 Å². The number of aliphatic hydroxyl groups excluding tert-OH is 1. The van der Waals surface area contributed by atoms with Crippen LogP contribution in [0.3, 0.4) is 0 Å². The molecule has 3 fully saturated rings. The number of fused-ring (bicyclic) bond motifs is 5. The number of piperidine rings is 1. The third-order valence-corrected chi connectivity index (χ3v) is 4.33. The fraction of sp³-hybridized carbons (Fsp3) is 0.917. The summed E-state index contributed by atoms with van der Waals surface area (Å²) in [5.41, 5.74) is 0. The third-order valence-electron chi connectivity index (χ3n) is 4.33. The zero-order valence-electron chi connectivity index (χ0n) is 10.2. The van der Waals surface area contributed by atoms with Crippen molar-refractivity contribution in [1.29, 1.82) is 0 Å². The molecule has 3 heterocycles. The van der Waals surface area contributed by atoms with E-state index in [4.69, 9.17) is 14.6 Å². The third kappa shape index (κ3) is 1.77. The SMILES string of the molecule is CC(CO)C(=O)OC1CC2C3OC3C(C1)N2C. The summed E-state index contributed by atoms with van der Waals surface area (Å²) in [4.78, 5) is 14.0. The molecule has 5 unspecified atom stereocenters. The van der Waals surface area contributed by atoms with Crippen LogP contribution < -0.4 is 0 Å². The smallest absolute Gasteiger partial charge is 0.311 e. The molecule has 2 bridgehead atoms. The molecule has 3 aliphatic heterocycles. The molecule has 0 aromatic carbocycles. The topological polar surface area (TPSA) is 62.3 Å². The zero-order chi connectivity index (χ0) is 12.2. The number of carbonyl (C=O) groups excluding carboxylic acids is 1. The molecule has 17 heavy (non-hydrogen) atoms. The van der Waals surface area contributed by atoms with Crippen LogP contribution in [-0.4, -0.2) is 60.0 Å². The highest BCUT2D eigenvalue weighted by atomic mass is 16.6. The summed E-state index contributed by atoms with van der Waals surface area (Å²) in [5.74, 6) is -0.700. The minimum Gasteiger partial charge on any atom is -0.462 e. The quantitative estimate of drug-likeness (QED) is 0.546. The van der Waals surface area contributed by atoms with E-state index in [9.17, 15) is 4.79 Å². The number of hydrogen-bond donors (Lipinski definition) is 1. The molecule has 5 nitrogen and oxygen atoms in total. The van der Waals surface area contributed by atoms with Gasteiger partial charge in [0.2, 0.25) is 0 Å². The maximum Gasteiger partial charge on any atom is 0.311 e. The Bertz CT molecular complexity index is 316. The molecule has 0 amide bonds. The van der Waals surface area contributed by atoms with E-state index in [1.807, 2.05) is 0 Å². The van der Waals surface area contributed by atoms with Gasteiger partial charge in [0, 0.05) is 24.9 Å². The average molecular weight is 241 g/mol. The van der Waals surface area contributed by atoms with Crippen molar-refractivity contribution >= 4 is 5.97 Å². The lowest BCUT2D eigenvalue weighted by Gasteiger charge is -2.38. The van der Waals surface area contributed by atoms with E-state index >= 15 is 0 Å². The van der Waals surface area contributed by atoms with Crippen molar-refractivity contribution in [2.24, 2.45) is 5.92 Å². The normalized spacial score (nSPS) is 45.2. The Balaban J connectivity index is 1.59. The minimum absolute atomic E-state index is 0.000833. The van der Waals surface area contributed by atoms with Crippen LogP contribution in [-0.2, 0) is 14.3 Å². The molecule has 3 rings (SSSR count). The molecule has 0 aromatic rings. The number of rotatable bonds is 3. The van der Waals surface area contributed by atoms with E-state index < -0.39 is 5.92 Å². The van der Waals surface area contributed by atoms with Crippen molar-refractivity contribution < 1.29 is 19.4 Å². The van der Waals surface area contributed by atoms with Crippen LogP contribution in [0.1, 0.15) is 19.8 Å². The van der Waals surface area contributed by atoms with Crippen molar-refractivity contribution in [1.82, 2.24) is 4.90 Å². The average Bonchev–Trinajstić information content (AvgIpc) is 3.05. The number of hydrogen-bond acceptors (Lipinski definition) is 5. The fourth-order valence-electron chi connectivity index (χ4n) is 3.15. The summed E-state index contributed by atoms with van der Waals surface area (Å²) in [6, 6.07) is 0.807. The monoisotopic (exact) mass is 241 g/mol. The molecule has 96 valence electrons. The van der Waals surface area contributed by atoms with Crippen LogP contribution in [0.15, 0.2) is 0 Å². The molecule has 3 aliphatic rings. The Hall–Kier alpha value is -0.650. The van der Waals surface area contributed by atoms with Gasteiger partial charge in [-0.3, -0.25) is 9.69 Å². The Morgan fingerprint density at radius 3 is 2.59 bits per heavy atom. The highest BCUT2D eigenvalue weighted by molar-refractivity contribution is 5.72. The first-order chi connectivity index (χ1) is 8.11. The number of carbonyl (C=O) groups is 1. The van der Waals surface area contributed by atoms with Gasteiger partial charge in [-0.25, -0.2) is 0 Å². The summed E-state index contributed by atoms with van der Waals surface area (Å²) < 4.78 is 11.1. The second-order valence-corrected chi connectivity index (χ2v) is 5.48. The number of esters is 1. The van der Waals surface area contributed by atoms with Crippen LogP contribution in [0, 0.1) is 5.92 Å². The van der Waals surface area contributed by atoms with E-state index in [0.29, 0.717) is 24.3 Å². The van der Waals surface area contributed by atoms with E-state index in [-0.39, 0.29) is 18.7 Å². The number of morpholine rings is 1. The Morgan fingerprint density at radius 1 is 1.47 bits per heavy atom. The van der Waals surface area contributed by atoms with Crippen molar-refractivity contribution in [2.75, 3.05) is 13.7 Å². The lowest BCUT2D eigenvalue weighted by atomic mass is 9.99. The standard InChI is InChI=1S/C12H19NO4/c1-6(5-14)12(15)16-7-3-8-10-11(17-10)9(4-7)13(8)2/h6-11,14H,3-5H2,1-2H3. The van der Waals surface area contributed by atoms with E-state index in [1.54, 1.807) is 6.92 Å². The molecule has 0 aliphatic carbocycles. The van der Waals surface area contributed by atoms with Crippen molar-refractivity contribution in [3.05, 3.63) is 0 Å². The van der Waals surface area contributed by atoms with Crippen molar-refractivity contribution in [3.63, 3.8) is 0 Å². The van der Waals surface area contributed by atoms with Crippen molar-refractivity contribution in [2.45, 2.75) is 50.2 Å². The Morgan fingerprint density at radius 2 is 2.06 bits per heavy atom. The molecular formula is C12H19NO4. The zero-order valence-corrected chi connectivity index (χ0v) is 10.2. The largest absolute Gasteiger partial charge is 0.462 e. The van der Waals surface area contributed by atoms with Crippen LogP contribution in [0.2, 0.25) is 0 Å². The second-order valence-electron chi connectivity index (χ2n) is 5.48. The summed E-state index contributed by atoms with van der Waals surface area (Å²) in [5, 5.41) is 8.91. The minimum atomic E-state index is -0.418. The Kier molecular flexibility index (Phi) is 2.65. The number of aliphatic hydroxyl groups is 1. The van der Waals surface area contributed by atoms with Gasteiger partial charge in [0.25, 0.3) is 0 Å². The van der Waals surface area contributed by atoms with Gasteiger partial charge >= 0.3 is 5.97 Å². The van der Waals surface area contributed by atoms with Gasteiger partial charge in [-0.15, -0.1) is 0 Å². The first-order valence-corrected chi connectivity index (χ1v) is 6.30. The number of ether oxygens (including phenoxy) is 2. The lowest BCUT2D eigenvalue weighted by molar-refractivity contribution is -0.159. The Labute approximate surface area is 101 Å². The lowest BCUT2D eigenvalue weighted by Crippen LogP contribution is -2.48. The summed E-state index contributed by atoms with van der Waals surface area (Å²) in [7, 11) is 2.12. The number of nitrogens with zero attached hydrogens (tertiary/aromatic N) is 1. The molecule has 5 atom stereocenters. The van der Waals surface area contributed by atoms with Gasteiger partial charge in [0.05, 0.1) is 12.5 Å². The van der Waals surface area contributed by atoms with Crippen LogP contribution >= 0.6 is 0 Å². The fourth-order valence-corrected chi connectivity index (χ4v) is 3.15. The molecule has 1 N–H and O–H groups in total. The van der Waals surface area contributed by atoms with E-state index in [0.717, 1.165) is 12.8 Å². The second kappa shape index (κ2) is 3.93. The van der Waals surface area contributed by atoms with Gasteiger partial charge in [0.15, 0.2) is 0 Å². The molecule has 3 saturated heterocycles. The maximum atomic E-state index is 11.6. The van der Waals surface area contributed by atoms with Gasteiger partial charge in [0.1, 0.15) is 18.3 Å². The highest BCUT2D eigenvalue weighted by Crippen LogP contribution is 2.47. The van der Waals surface area contributed by atoms with E-state index in [2.05, 4.69) is 11.9 Å². The first kappa shape index (κ1) is 11.4. The van der Waals surface area contributed by atoms with E-state index in [1.165, 1.54) is 0 Å². The molecule has 5 heteroatoms. The van der Waals surface area contributed by atoms with Gasteiger partial charge in [-0.2, -0.15) is 0 Å². The van der Waals surface area contributed by atoms with Gasteiger partial charge in [-0.1, -0.05) is 0 Å². The molecule has 0 aromatic heterocycles. The predicted molar refractivity (Wildman–Crippen MR) is 59.4 cm³/mol. The number of likely N-dealkylation sites (N-methyl/N-ethyl adjacent to an activating group) is 1. The molecule has 0 radical (unpaired) electrons. The maximum absolute atomic E-state index is 11.6. The van der Waals surface area contributed by atoms with Crippen LogP contribution in [0.25, 0.3) is 0 Å². The van der Waals surface area contributed by atoms with Crippen LogP contribution in [0.5, 0.6) is 0 Å². The summed E-state index contributed by atoms with van der Waals surface area (Å²) in [6.45, 7) is 1.54. The first-order valence-electron chi connectivity index (χ1n) is 6.30. The number of epoxide rings is 1. The van der Waals surface area contributed by atoms with Crippen molar-refractivity contribution in [3.8, 4) is 0 Å². The molecular weight excluding hydrogens is 222 g/mol. The summed E-state index contributed by atoms with van der Waals surface area (Å²) >= 11 is 0. The van der Waals surface area contributed by atoms with Crippen LogP contribution in [0.4, 0.5) is 0 Å². The summed E-state index contributed by atoms with van der Waals surface area (Å²) in [6.07, 6.45) is 2.45. The molecule has 0 saturated carbocycles. The van der Waals surface area contributed by atoms with Gasteiger partial charge < -0.3 is 14.6 Å². The highest BCUT2D eigenvalue weighted by Gasteiger charge is 2.62.